The lowest BCUT2D eigenvalue weighted by Gasteiger charge is -2.38. The predicted molar refractivity (Wildman–Crippen MR) is 92.3 cm³/mol. The second-order valence-corrected chi connectivity index (χ2v) is 20.6. The topological polar surface area (TPSA) is 76.0 Å². The van der Waals surface area contributed by atoms with Gasteiger partial charge in [0.1, 0.15) is 0 Å². The summed E-state index contributed by atoms with van der Waals surface area (Å²) in [6, 6.07) is 0.700. The molecule has 21 heavy (non-hydrogen) atoms. The number of rotatable bonds is 10. The molecule has 1 radical (unpaired) electrons. The molecule has 2 N–H and O–H groups in total. The van der Waals surface area contributed by atoms with Crippen molar-refractivity contribution in [3.63, 3.8) is 0 Å². The van der Waals surface area contributed by atoms with Crippen LogP contribution in [0.1, 0.15) is 12.8 Å². The zero-order valence-electron chi connectivity index (χ0n) is 14.4. The molecule has 0 bridgehead atoms. The number of aliphatic hydroxyl groups is 2. The smallest absolute Gasteiger partial charge is 0.314 e. The maximum absolute atomic E-state index is 10.7. The minimum atomic E-state index is -2.34. The molecule has 0 aliphatic carbocycles. The van der Waals surface area contributed by atoms with E-state index in [0.717, 1.165) is 0 Å². The van der Waals surface area contributed by atoms with Crippen LogP contribution in [0.5, 0.6) is 0 Å². The second-order valence-electron chi connectivity index (χ2n) is 7.71. The summed E-state index contributed by atoms with van der Waals surface area (Å²) in [6.45, 7) is 14.3. The van der Waals surface area contributed by atoms with Crippen LogP contribution in [-0.4, -0.2) is 53.9 Å². The Morgan fingerprint density at radius 2 is 1.43 bits per heavy atom. The second kappa shape index (κ2) is 7.62. The predicted octanol–water partition coefficient (Wildman–Crippen LogP) is 2.37. The zero-order valence-corrected chi connectivity index (χ0v) is 17.4. The lowest BCUT2D eigenvalue weighted by Crippen LogP contribution is -2.52. The Kier molecular flexibility index (Phi) is 7.68. The summed E-state index contributed by atoms with van der Waals surface area (Å²) < 4.78 is 12.7. The Labute approximate surface area is 132 Å². The summed E-state index contributed by atoms with van der Waals surface area (Å²) in [4.78, 5) is 10.7. The molecule has 0 saturated heterocycles. The van der Waals surface area contributed by atoms with Crippen LogP contribution < -0.4 is 0 Å². The van der Waals surface area contributed by atoms with Crippen LogP contribution in [0.15, 0.2) is 0 Å². The van der Waals surface area contributed by atoms with E-state index in [1.807, 2.05) is 0 Å². The van der Waals surface area contributed by atoms with Crippen molar-refractivity contribution in [2.45, 2.75) is 70.3 Å². The first-order valence-corrected chi connectivity index (χ1v) is 16.7. The monoisotopic (exact) mass is 351 g/mol. The minimum absolute atomic E-state index is 0.180. The van der Waals surface area contributed by atoms with Gasteiger partial charge in [-0.1, -0.05) is 0 Å². The molecule has 0 aromatic heterocycles. The SMILES string of the molecule is C[Si](C)(C)O[Si](C)(CCCC(O)([C]=O)CO)O[Si](C)(C)C. The molecule has 0 aromatic rings. The molecule has 0 aliphatic rings. The molecule has 1 unspecified atom stereocenters. The fraction of sp³-hybridized carbons (Fsp3) is 0.923. The molecule has 5 nitrogen and oxygen atoms in total. The molecule has 125 valence electrons. The summed E-state index contributed by atoms with van der Waals surface area (Å²) in [5.74, 6) is 0. The molecule has 0 fully saturated rings. The van der Waals surface area contributed by atoms with Crippen molar-refractivity contribution >= 4 is 31.5 Å². The highest BCUT2D eigenvalue weighted by atomic mass is 28.5. The number of hydrogen-bond donors (Lipinski definition) is 2. The molecule has 8 heteroatoms. The van der Waals surface area contributed by atoms with E-state index in [2.05, 4.69) is 45.8 Å². The molecule has 1 atom stereocenters. The van der Waals surface area contributed by atoms with Crippen LogP contribution >= 0.6 is 0 Å². The maximum Gasteiger partial charge on any atom is 0.314 e. The number of aliphatic hydroxyl groups excluding tert-OH is 1. The Bertz CT molecular complexity index is 322. The molecular weight excluding hydrogens is 320 g/mol. The van der Waals surface area contributed by atoms with Crippen molar-refractivity contribution in [2.24, 2.45) is 0 Å². The normalized spacial score (nSPS) is 16.6. The van der Waals surface area contributed by atoms with Gasteiger partial charge >= 0.3 is 8.56 Å². The van der Waals surface area contributed by atoms with Gasteiger partial charge in [0.25, 0.3) is 0 Å². The zero-order chi connectivity index (χ0) is 16.9. The van der Waals surface area contributed by atoms with Gasteiger partial charge in [0.15, 0.2) is 22.2 Å². The highest BCUT2D eigenvalue weighted by Crippen LogP contribution is 2.27. The molecular formula is C13H31O5Si3. The largest absolute Gasteiger partial charge is 0.437 e. The van der Waals surface area contributed by atoms with Gasteiger partial charge in [-0.2, -0.15) is 0 Å². The summed E-state index contributed by atoms with van der Waals surface area (Å²) >= 11 is 0. The Balaban J connectivity index is 4.80. The van der Waals surface area contributed by atoms with E-state index < -0.39 is 37.4 Å². The van der Waals surface area contributed by atoms with Gasteiger partial charge < -0.3 is 18.4 Å². The van der Waals surface area contributed by atoms with Gasteiger partial charge in [0, 0.05) is 0 Å². The van der Waals surface area contributed by atoms with Gasteiger partial charge in [0.05, 0.1) is 6.61 Å². The van der Waals surface area contributed by atoms with Gasteiger partial charge in [-0.05, 0) is 64.7 Å². The van der Waals surface area contributed by atoms with Crippen molar-refractivity contribution in [1.82, 2.24) is 0 Å². The fourth-order valence-corrected chi connectivity index (χ4v) is 14.8. The number of hydrogen-bond acceptors (Lipinski definition) is 5. The van der Waals surface area contributed by atoms with Gasteiger partial charge in [-0.25, -0.2) is 0 Å². The molecule has 0 amide bonds. The third-order valence-electron chi connectivity index (χ3n) is 2.72. The number of carbonyl (C=O) groups excluding carboxylic acids is 1. The highest BCUT2D eigenvalue weighted by Gasteiger charge is 2.40. The van der Waals surface area contributed by atoms with Gasteiger partial charge in [-0.15, -0.1) is 0 Å². The fourth-order valence-electron chi connectivity index (χ4n) is 2.28. The third-order valence-corrected chi connectivity index (χ3v) is 12.3. The van der Waals surface area contributed by atoms with Crippen LogP contribution in [0.2, 0.25) is 51.9 Å². The van der Waals surface area contributed by atoms with Crippen LogP contribution in [0.4, 0.5) is 0 Å². The first-order chi connectivity index (χ1) is 9.24. The Hall–Kier alpha value is 0.161. The Morgan fingerprint density at radius 3 is 1.71 bits per heavy atom. The summed E-state index contributed by atoms with van der Waals surface area (Å²) in [7, 11) is -5.82. The van der Waals surface area contributed by atoms with E-state index in [1.54, 1.807) is 0 Å². The molecule has 0 aromatic carbocycles. The van der Waals surface area contributed by atoms with Gasteiger partial charge in [0.2, 0.25) is 6.29 Å². The highest BCUT2D eigenvalue weighted by molar-refractivity contribution is 6.87. The van der Waals surface area contributed by atoms with Gasteiger partial charge in [-0.3, -0.25) is 4.79 Å². The van der Waals surface area contributed by atoms with E-state index in [4.69, 9.17) is 13.3 Å². The maximum atomic E-state index is 10.7. The molecule has 0 saturated carbocycles. The molecule has 0 aliphatic heterocycles. The van der Waals surface area contributed by atoms with E-state index >= 15 is 0 Å². The summed E-state index contributed by atoms with van der Waals surface area (Å²) in [5.41, 5.74) is -1.76. The van der Waals surface area contributed by atoms with Crippen molar-refractivity contribution in [3.8, 4) is 0 Å². The third kappa shape index (κ3) is 9.72. The van der Waals surface area contributed by atoms with E-state index in [1.165, 1.54) is 6.29 Å². The summed E-state index contributed by atoms with van der Waals surface area (Å²) in [6.07, 6.45) is 2.27. The average Bonchev–Trinajstić information content (AvgIpc) is 2.23. The van der Waals surface area contributed by atoms with Crippen LogP contribution in [-0.2, 0) is 13.0 Å². The molecule has 0 spiro atoms. The van der Waals surface area contributed by atoms with E-state index in [0.29, 0.717) is 12.5 Å². The van der Waals surface area contributed by atoms with Crippen LogP contribution in [0, 0.1) is 0 Å². The summed E-state index contributed by atoms with van der Waals surface area (Å²) in [5, 5.41) is 18.8. The van der Waals surface area contributed by atoms with E-state index in [-0.39, 0.29) is 6.42 Å². The van der Waals surface area contributed by atoms with Crippen molar-refractivity contribution in [3.05, 3.63) is 0 Å². The quantitative estimate of drug-likeness (QED) is 0.591. The van der Waals surface area contributed by atoms with E-state index in [9.17, 15) is 9.90 Å². The average molecular weight is 352 g/mol. The standard InChI is InChI=1S/C13H31O5Si3/c1-19(2,3)17-21(7,18-20(4,5)6)10-8-9-13(16,11-14)12-15/h14,16H,8-11H2,1-7H3. The van der Waals surface area contributed by atoms with Crippen molar-refractivity contribution < 1.29 is 23.2 Å². The first-order valence-electron chi connectivity index (χ1n) is 7.37. The van der Waals surface area contributed by atoms with Crippen LogP contribution in [0.3, 0.4) is 0 Å². The van der Waals surface area contributed by atoms with Crippen molar-refractivity contribution in [1.29, 1.82) is 0 Å². The minimum Gasteiger partial charge on any atom is -0.437 e. The molecule has 0 heterocycles. The lowest BCUT2D eigenvalue weighted by molar-refractivity contribution is 0.0345. The lowest BCUT2D eigenvalue weighted by atomic mass is 10.0. The molecule has 0 rings (SSSR count). The first kappa shape index (κ1) is 21.2. The Morgan fingerprint density at radius 1 is 1.00 bits per heavy atom. The van der Waals surface area contributed by atoms with Crippen LogP contribution in [0.25, 0.3) is 0 Å². The van der Waals surface area contributed by atoms with Crippen molar-refractivity contribution in [2.75, 3.05) is 6.61 Å².